The largest absolute Gasteiger partial charge is 0.296 e. The van der Waals surface area contributed by atoms with Gasteiger partial charge in [0.25, 0.3) is 0 Å². The van der Waals surface area contributed by atoms with E-state index in [-0.39, 0.29) is 0 Å². The number of fused-ring (bicyclic) bond motifs is 1. The van der Waals surface area contributed by atoms with Crippen molar-refractivity contribution in [3.8, 4) is 0 Å². The first-order valence-electron chi connectivity index (χ1n) is 8.29. The number of thiophene rings is 1. The normalized spacial score (nSPS) is 16.7. The van der Waals surface area contributed by atoms with Gasteiger partial charge < -0.3 is 0 Å². The fourth-order valence-corrected chi connectivity index (χ4v) is 4.76. The van der Waals surface area contributed by atoms with Crippen LogP contribution in [-0.4, -0.2) is 41.0 Å². The van der Waals surface area contributed by atoms with Gasteiger partial charge >= 0.3 is 0 Å². The molecule has 5 heteroatoms. The summed E-state index contributed by atoms with van der Waals surface area (Å²) in [6.45, 7) is 6.31. The summed E-state index contributed by atoms with van der Waals surface area (Å²) in [5.74, 6) is 0. The second-order valence-corrected chi connectivity index (χ2v) is 7.76. The van der Waals surface area contributed by atoms with E-state index in [1.165, 1.54) is 20.5 Å². The highest BCUT2D eigenvalue weighted by molar-refractivity contribution is 7.19. The van der Waals surface area contributed by atoms with Crippen LogP contribution in [0.25, 0.3) is 10.1 Å². The minimum atomic E-state index is 0.938. The molecule has 3 aromatic rings. The van der Waals surface area contributed by atoms with Gasteiger partial charge in [0.2, 0.25) is 0 Å². The fraction of sp³-hybridized carbons (Fsp3) is 0.316. The molecule has 1 saturated heterocycles. The van der Waals surface area contributed by atoms with Gasteiger partial charge in [0.1, 0.15) is 0 Å². The van der Waals surface area contributed by atoms with E-state index in [0.29, 0.717) is 0 Å². The molecule has 2 aromatic heterocycles. The molecule has 3 nitrogen and oxygen atoms in total. The fourth-order valence-electron chi connectivity index (χ4n) is 3.22. The number of rotatable bonds is 4. The molecule has 0 amide bonds. The molecule has 0 radical (unpaired) electrons. The zero-order valence-electron chi connectivity index (χ0n) is 13.5. The molecule has 1 aliphatic rings. The topological polar surface area (TPSA) is 19.4 Å². The average molecular weight is 358 g/mol. The van der Waals surface area contributed by atoms with Crippen molar-refractivity contribution in [2.75, 3.05) is 26.2 Å². The Balaban J connectivity index is 1.36. The van der Waals surface area contributed by atoms with Crippen LogP contribution in [-0.2, 0) is 13.1 Å². The van der Waals surface area contributed by atoms with Crippen molar-refractivity contribution >= 4 is 33.0 Å². The Kier molecular flexibility index (Phi) is 4.81. The zero-order valence-corrected chi connectivity index (χ0v) is 15.1. The van der Waals surface area contributed by atoms with Gasteiger partial charge in [-0.25, -0.2) is 0 Å². The minimum absolute atomic E-state index is 0.938. The number of nitrogens with zero attached hydrogens (tertiary/aromatic N) is 3. The van der Waals surface area contributed by atoms with Crippen molar-refractivity contribution in [2.45, 2.75) is 13.1 Å². The van der Waals surface area contributed by atoms with Crippen LogP contribution in [0.4, 0.5) is 0 Å². The first kappa shape index (κ1) is 16.0. The summed E-state index contributed by atoms with van der Waals surface area (Å²) in [4.78, 5) is 10.5. The molecule has 0 spiro atoms. The Hall–Kier alpha value is -1.46. The van der Waals surface area contributed by atoms with Crippen molar-refractivity contribution in [3.05, 3.63) is 64.3 Å². The minimum Gasteiger partial charge on any atom is -0.296 e. The number of hydrogen-bond donors (Lipinski definition) is 0. The maximum Gasteiger partial charge on any atom is 0.0637 e. The highest BCUT2D eigenvalue weighted by atomic mass is 35.5. The monoisotopic (exact) mass is 357 g/mol. The molecule has 1 aromatic carbocycles. The number of benzene rings is 1. The Bertz CT molecular complexity index is 810. The molecule has 0 saturated carbocycles. The third-order valence-electron chi connectivity index (χ3n) is 4.56. The molecule has 0 aliphatic carbocycles. The summed E-state index contributed by atoms with van der Waals surface area (Å²) in [6.07, 6.45) is 3.79. The van der Waals surface area contributed by atoms with Crippen LogP contribution in [0.5, 0.6) is 0 Å². The number of pyridine rings is 1. The molecule has 0 bridgehead atoms. The van der Waals surface area contributed by atoms with Crippen LogP contribution in [0.2, 0.25) is 5.02 Å². The molecule has 4 rings (SSSR count). The van der Waals surface area contributed by atoms with Crippen molar-refractivity contribution in [1.29, 1.82) is 0 Å². The number of hydrogen-bond acceptors (Lipinski definition) is 4. The summed E-state index contributed by atoms with van der Waals surface area (Å²) in [5, 5.41) is 2.13. The number of piperazine rings is 1. The van der Waals surface area contributed by atoms with E-state index in [1.54, 1.807) is 0 Å². The predicted molar refractivity (Wildman–Crippen MR) is 102 cm³/mol. The van der Waals surface area contributed by atoms with Crippen molar-refractivity contribution < 1.29 is 0 Å². The van der Waals surface area contributed by atoms with E-state index in [4.69, 9.17) is 11.6 Å². The maximum absolute atomic E-state index is 6.58. The summed E-state index contributed by atoms with van der Waals surface area (Å²) in [6, 6.07) is 12.6. The Morgan fingerprint density at radius 3 is 2.42 bits per heavy atom. The molecule has 1 aliphatic heterocycles. The highest BCUT2D eigenvalue weighted by Crippen LogP contribution is 2.36. The Morgan fingerprint density at radius 1 is 0.958 bits per heavy atom. The average Bonchev–Trinajstić information content (AvgIpc) is 2.94. The van der Waals surface area contributed by atoms with Crippen LogP contribution in [0, 0.1) is 0 Å². The molecule has 3 heterocycles. The Labute approximate surface area is 151 Å². The first-order chi connectivity index (χ1) is 11.8. The molecular formula is C19H20ClN3S. The second-order valence-electron chi connectivity index (χ2n) is 6.25. The van der Waals surface area contributed by atoms with E-state index in [9.17, 15) is 0 Å². The second kappa shape index (κ2) is 7.19. The molecule has 0 unspecified atom stereocenters. The first-order valence-corrected chi connectivity index (χ1v) is 9.48. The van der Waals surface area contributed by atoms with Crippen molar-refractivity contribution in [2.24, 2.45) is 0 Å². The van der Waals surface area contributed by atoms with Gasteiger partial charge in [0.05, 0.1) is 5.02 Å². The van der Waals surface area contributed by atoms with Crippen LogP contribution in [0.15, 0.2) is 48.8 Å². The third kappa shape index (κ3) is 3.47. The lowest BCUT2D eigenvalue weighted by molar-refractivity contribution is 0.123. The lowest BCUT2D eigenvalue weighted by atomic mass is 10.2. The summed E-state index contributed by atoms with van der Waals surface area (Å²) >= 11 is 8.40. The van der Waals surface area contributed by atoms with Crippen LogP contribution < -0.4 is 0 Å². The van der Waals surface area contributed by atoms with Crippen LogP contribution in [0.3, 0.4) is 0 Å². The summed E-state index contributed by atoms with van der Waals surface area (Å²) in [7, 11) is 0. The van der Waals surface area contributed by atoms with Crippen LogP contribution >= 0.6 is 22.9 Å². The summed E-state index contributed by atoms with van der Waals surface area (Å²) in [5.41, 5.74) is 1.29. The van der Waals surface area contributed by atoms with Crippen LogP contribution in [0.1, 0.15) is 10.4 Å². The van der Waals surface area contributed by atoms with Gasteiger partial charge in [-0.05, 0) is 17.7 Å². The van der Waals surface area contributed by atoms with Gasteiger partial charge in [-0.3, -0.25) is 14.8 Å². The van der Waals surface area contributed by atoms with E-state index in [2.05, 4.69) is 45.1 Å². The highest BCUT2D eigenvalue weighted by Gasteiger charge is 2.19. The molecule has 0 N–H and O–H groups in total. The molecule has 124 valence electrons. The number of halogens is 1. The van der Waals surface area contributed by atoms with Crippen molar-refractivity contribution in [3.63, 3.8) is 0 Å². The number of aromatic nitrogens is 1. The van der Waals surface area contributed by atoms with Gasteiger partial charge in [-0.2, -0.15) is 0 Å². The van der Waals surface area contributed by atoms with Gasteiger partial charge in [-0.1, -0.05) is 35.9 Å². The molecule has 1 fully saturated rings. The molecular weight excluding hydrogens is 338 g/mol. The smallest absolute Gasteiger partial charge is 0.0637 e. The predicted octanol–water partition coefficient (Wildman–Crippen LogP) is 4.27. The van der Waals surface area contributed by atoms with E-state index >= 15 is 0 Å². The quantitative estimate of drug-likeness (QED) is 0.695. The lowest BCUT2D eigenvalue weighted by Gasteiger charge is -2.34. The zero-order chi connectivity index (χ0) is 16.4. The standard InChI is InChI=1S/C19H20ClN3S/c20-19-16-5-1-2-6-17(16)24-18(19)14-23-10-8-22(9-11-23)13-15-4-3-7-21-12-15/h1-7,12H,8-11,13-14H2. The summed E-state index contributed by atoms with van der Waals surface area (Å²) < 4.78 is 1.28. The SMILES string of the molecule is Clc1c(CN2CCN(Cc3cccnc3)CC2)sc2ccccc12. The maximum atomic E-state index is 6.58. The van der Waals surface area contributed by atoms with Gasteiger partial charge in [0, 0.05) is 66.6 Å². The van der Waals surface area contributed by atoms with Crippen molar-refractivity contribution in [1.82, 2.24) is 14.8 Å². The van der Waals surface area contributed by atoms with E-state index in [1.807, 2.05) is 29.8 Å². The third-order valence-corrected chi connectivity index (χ3v) is 6.26. The van der Waals surface area contributed by atoms with Gasteiger partial charge in [0.15, 0.2) is 0 Å². The molecule has 0 atom stereocenters. The lowest BCUT2D eigenvalue weighted by Crippen LogP contribution is -2.45. The van der Waals surface area contributed by atoms with E-state index in [0.717, 1.165) is 44.3 Å². The molecule has 24 heavy (non-hydrogen) atoms. The Morgan fingerprint density at radius 2 is 1.71 bits per heavy atom. The van der Waals surface area contributed by atoms with E-state index < -0.39 is 0 Å². The van der Waals surface area contributed by atoms with Gasteiger partial charge in [-0.15, -0.1) is 11.3 Å².